The summed E-state index contributed by atoms with van der Waals surface area (Å²) in [5.41, 5.74) is 0.573. The molecule has 25 heavy (non-hydrogen) atoms. The van der Waals surface area contributed by atoms with Crippen molar-refractivity contribution in [2.75, 3.05) is 46.9 Å². The largest absolute Gasteiger partial charge is 0.493 e. The standard InChI is InChI=1S/C18H27N3O4/c1-13(2)19-17(22)12-20-7-9-21(10-8-20)18(23)14-5-6-15(24-3)16(11-14)25-4/h5-6,11,13H,7-10,12H2,1-4H3,(H,19,22). The van der Waals surface area contributed by atoms with Crippen LogP contribution in [0.15, 0.2) is 18.2 Å². The molecule has 1 N–H and O–H groups in total. The summed E-state index contributed by atoms with van der Waals surface area (Å²) in [5, 5.41) is 2.89. The zero-order chi connectivity index (χ0) is 18.4. The monoisotopic (exact) mass is 349 g/mol. The fourth-order valence-corrected chi connectivity index (χ4v) is 2.83. The molecule has 1 heterocycles. The van der Waals surface area contributed by atoms with Gasteiger partial charge in [-0.05, 0) is 32.0 Å². The lowest BCUT2D eigenvalue weighted by Gasteiger charge is -2.34. The first-order chi connectivity index (χ1) is 11.9. The molecule has 0 aromatic heterocycles. The third-order valence-corrected chi connectivity index (χ3v) is 4.11. The summed E-state index contributed by atoms with van der Waals surface area (Å²) in [7, 11) is 3.11. The zero-order valence-electron chi connectivity index (χ0n) is 15.4. The topological polar surface area (TPSA) is 71.1 Å². The predicted octanol–water partition coefficient (Wildman–Crippen LogP) is 0.986. The number of nitrogens with zero attached hydrogens (tertiary/aromatic N) is 2. The van der Waals surface area contributed by atoms with Crippen molar-refractivity contribution in [3.05, 3.63) is 23.8 Å². The number of carbonyl (C=O) groups is 2. The molecule has 2 rings (SSSR count). The van der Waals surface area contributed by atoms with Crippen LogP contribution in [0.1, 0.15) is 24.2 Å². The van der Waals surface area contributed by atoms with E-state index in [-0.39, 0.29) is 17.9 Å². The van der Waals surface area contributed by atoms with Crippen molar-refractivity contribution in [1.82, 2.24) is 15.1 Å². The van der Waals surface area contributed by atoms with Crippen molar-refractivity contribution in [2.45, 2.75) is 19.9 Å². The fraction of sp³-hybridized carbons (Fsp3) is 0.556. The molecule has 1 saturated heterocycles. The van der Waals surface area contributed by atoms with Gasteiger partial charge in [-0.15, -0.1) is 0 Å². The van der Waals surface area contributed by atoms with Gasteiger partial charge in [0.05, 0.1) is 20.8 Å². The molecule has 1 aliphatic rings. The Morgan fingerprint density at radius 2 is 1.72 bits per heavy atom. The first-order valence-electron chi connectivity index (χ1n) is 8.47. The second-order valence-electron chi connectivity index (χ2n) is 6.36. The SMILES string of the molecule is COc1ccc(C(=O)N2CCN(CC(=O)NC(C)C)CC2)cc1OC. The van der Waals surface area contributed by atoms with E-state index < -0.39 is 0 Å². The second-order valence-corrected chi connectivity index (χ2v) is 6.36. The minimum atomic E-state index is -0.0350. The van der Waals surface area contributed by atoms with Crippen molar-refractivity contribution in [3.8, 4) is 11.5 Å². The molecule has 1 aromatic rings. The number of nitrogens with one attached hydrogen (secondary N) is 1. The molecule has 0 radical (unpaired) electrons. The second kappa shape index (κ2) is 8.71. The number of amides is 2. The summed E-state index contributed by atoms with van der Waals surface area (Å²) >= 11 is 0. The van der Waals surface area contributed by atoms with Crippen LogP contribution in [-0.2, 0) is 4.79 Å². The predicted molar refractivity (Wildman–Crippen MR) is 95.2 cm³/mol. The van der Waals surface area contributed by atoms with E-state index in [0.717, 1.165) is 0 Å². The normalized spacial score (nSPS) is 15.2. The summed E-state index contributed by atoms with van der Waals surface area (Å²) in [5.74, 6) is 1.12. The molecular weight excluding hydrogens is 322 g/mol. The Bertz CT molecular complexity index is 610. The number of hydrogen-bond acceptors (Lipinski definition) is 5. The Hall–Kier alpha value is -2.28. The Balaban J connectivity index is 1.92. The van der Waals surface area contributed by atoms with Crippen molar-refractivity contribution >= 4 is 11.8 Å². The van der Waals surface area contributed by atoms with Crippen molar-refractivity contribution in [2.24, 2.45) is 0 Å². The van der Waals surface area contributed by atoms with Gasteiger partial charge in [0.15, 0.2) is 11.5 Å². The van der Waals surface area contributed by atoms with Crippen molar-refractivity contribution < 1.29 is 19.1 Å². The summed E-state index contributed by atoms with van der Waals surface area (Å²) in [6, 6.07) is 5.31. The van der Waals surface area contributed by atoms with Gasteiger partial charge >= 0.3 is 0 Å². The Labute approximate surface area is 148 Å². The van der Waals surface area contributed by atoms with Crippen LogP contribution in [0.3, 0.4) is 0 Å². The molecule has 138 valence electrons. The van der Waals surface area contributed by atoms with Crippen molar-refractivity contribution in [1.29, 1.82) is 0 Å². The van der Waals surface area contributed by atoms with Gasteiger partial charge in [0, 0.05) is 37.8 Å². The molecule has 0 bridgehead atoms. The van der Waals surface area contributed by atoms with Crippen LogP contribution in [0.25, 0.3) is 0 Å². The van der Waals surface area contributed by atoms with Gasteiger partial charge in [-0.1, -0.05) is 0 Å². The molecule has 1 aliphatic heterocycles. The van der Waals surface area contributed by atoms with E-state index in [2.05, 4.69) is 10.2 Å². The molecule has 0 unspecified atom stereocenters. The van der Waals surface area contributed by atoms with Crippen LogP contribution in [0.5, 0.6) is 11.5 Å². The van der Waals surface area contributed by atoms with Gasteiger partial charge in [0.2, 0.25) is 5.91 Å². The lowest BCUT2D eigenvalue weighted by molar-refractivity contribution is -0.123. The zero-order valence-corrected chi connectivity index (χ0v) is 15.4. The third-order valence-electron chi connectivity index (χ3n) is 4.11. The maximum atomic E-state index is 12.7. The number of rotatable bonds is 6. The molecule has 7 nitrogen and oxygen atoms in total. The van der Waals surface area contributed by atoms with Gasteiger partial charge in [-0.2, -0.15) is 0 Å². The van der Waals surface area contributed by atoms with E-state index in [4.69, 9.17) is 9.47 Å². The minimum Gasteiger partial charge on any atom is -0.493 e. The molecule has 0 saturated carbocycles. The van der Waals surface area contributed by atoms with Gasteiger partial charge in [-0.3, -0.25) is 14.5 Å². The number of ether oxygens (including phenoxy) is 2. The molecule has 0 atom stereocenters. The number of hydrogen-bond donors (Lipinski definition) is 1. The highest BCUT2D eigenvalue weighted by atomic mass is 16.5. The molecule has 1 fully saturated rings. The van der Waals surface area contributed by atoms with E-state index in [1.54, 1.807) is 37.3 Å². The van der Waals surface area contributed by atoms with Gasteiger partial charge in [0.25, 0.3) is 5.91 Å². The summed E-state index contributed by atoms with van der Waals surface area (Å²) in [6.45, 7) is 6.82. The number of methoxy groups -OCH3 is 2. The molecular formula is C18H27N3O4. The van der Waals surface area contributed by atoms with Crippen LogP contribution < -0.4 is 14.8 Å². The maximum absolute atomic E-state index is 12.7. The van der Waals surface area contributed by atoms with Crippen molar-refractivity contribution in [3.63, 3.8) is 0 Å². The molecule has 2 amide bonds. The van der Waals surface area contributed by atoms with Crippen LogP contribution >= 0.6 is 0 Å². The molecule has 0 aliphatic carbocycles. The van der Waals surface area contributed by atoms with Gasteiger partial charge in [0.1, 0.15) is 0 Å². The van der Waals surface area contributed by atoms with Crippen LogP contribution in [0.2, 0.25) is 0 Å². The lowest BCUT2D eigenvalue weighted by atomic mass is 10.1. The Morgan fingerprint density at radius 3 is 2.28 bits per heavy atom. The number of carbonyl (C=O) groups excluding carboxylic acids is 2. The molecule has 1 aromatic carbocycles. The number of benzene rings is 1. The van der Waals surface area contributed by atoms with Gasteiger partial charge in [-0.25, -0.2) is 0 Å². The van der Waals surface area contributed by atoms with Crippen LogP contribution in [0.4, 0.5) is 0 Å². The highest BCUT2D eigenvalue weighted by molar-refractivity contribution is 5.95. The highest BCUT2D eigenvalue weighted by Crippen LogP contribution is 2.28. The first-order valence-corrected chi connectivity index (χ1v) is 8.47. The Morgan fingerprint density at radius 1 is 1.08 bits per heavy atom. The van der Waals surface area contributed by atoms with Crippen LogP contribution in [-0.4, -0.2) is 74.6 Å². The van der Waals surface area contributed by atoms with Crippen LogP contribution in [0, 0.1) is 0 Å². The maximum Gasteiger partial charge on any atom is 0.254 e. The summed E-state index contributed by atoms with van der Waals surface area (Å²) in [6.07, 6.45) is 0. The van der Waals surface area contributed by atoms with E-state index in [0.29, 0.717) is 49.8 Å². The van der Waals surface area contributed by atoms with E-state index >= 15 is 0 Å². The van der Waals surface area contributed by atoms with E-state index in [1.165, 1.54) is 0 Å². The van der Waals surface area contributed by atoms with E-state index in [9.17, 15) is 9.59 Å². The molecule has 0 spiro atoms. The lowest BCUT2D eigenvalue weighted by Crippen LogP contribution is -2.51. The molecule has 7 heteroatoms. The van der Waals surface area contributed by atoms with E-state index in [1.807, 2.05) is 13.8 Å². The smallest absolute Gasteiger partial charge is 0.254 e. The average molecular weight is 349 g/mol. The van der Waals surface area contributed by atoms with Gasteiger partial charge < -0.3 is 19.7 Å². The minimum absolute atomic E-state index is 0.0228. The average Bonchev–Trinajstić information content (AvgIpc) is 2.60. The summed E-state index contributed by atoms with van der Waals surface area (Å²) < 4.78 is 10.5. The third kappa shape index (κ3) is 5.09. The fourth-order valence-electron chi connectivity index (χ4n) is 2.83. The quantitative estimate of drug-likeness (QED) is 0.829. The highest BCUT2D eigenvalue weighted by Gasteiger charge is 2.24. The first kappa shape index (κ1) is 19.1. The summed E-state index contributed by atoms with van der Waals surface area (Å²) in [4.78, 5) is 28.4. The Kier molecular flexibility index (Phi) is 6.64. The number of piperazine rings is 1.